The van der Waals surface area contributed by atoms with Gasteiger partial charge in [-0.15, -0.1) is 11.8 Å². The largest absolute Gasteiger partial charge is 0.321 e. The van der Waals surface area contributed by atoms with Crippen molar-refractivity contribution >= 4 is 29.0 Å². The summed E-state index contributed by atoms with van der Waals surface area (Å²) in [6.07, 6.45) is 3.10. The molecule has 7 heteroatoms. The molecule has 0 aliphatic heterocycles. The van der Waals surface area contributed by atoms with Gasteiger partial charge in [-0.2, -0.15) is 0 Å². The maximum absolute atomic E-state index is 12.1. The van der Waals surface area contributed by atoms with Crippen molar-refractivity contribution < 1.29 is 9.72 Å². The van der Waals surface area contributed by atoms with Gasteiger partial charge in [-0.3, -0.25) is 19.9 Å². The van der Waals surface area contributed by atoms with Crippen LogP contribution in [0.5, 0.6) is 0 Å². The smallest absolute Gasteiger partial charge is 0.283 e. The lowest BCUT2D eigenvalue weighted by atomic mass is 10.2. The maximum atomic E-state index is 12.1. The van der Waals surface area contributed by atoms with E-state index in [1.165, 1.54) is 24.0 Å². The second kappa shape index (κ2) is 6.85. The van der Waals surface area contributed by atoms with Crippen LogP contribution in [0.3, 0.4) is 0 Å². The third-order valence-corrected chi connectivity index (χ3v) is 3.58. The third kappa shape index (κ3) is 3.79. The quantitative estimate of drug-likeness (QED) is 0.520. The molecule has 0 fully saturated rings. The number of benzene rings is 1. The molecular weight excluding hydrogens is 290 g/mol. The number of thioether (sulfide) groups is 1. The molecule has 0 radical (unpaired) electrons. The summed E-state index contributed by atoms with van der Waals surface area (Å²) in [5.74, 6) is 0.321. The molecule has 0 saturated heterocycles. The molecule has 0 aliphatic rings. The molecule has 2 aromatic rings. The van der Waals surface area contributed by atoms with Crippen molar-refractivity contribution in [2.24, 2.45) is 0 Å². The number of pyridine rings is 1. The highest BCUT2D eigenvalue weighted by molar-refractivity contribution is 7.99. The molecule has 0 spiro atoms. The average molecular weight is 303 g/mol. The topological polar surface area (TPSA) is 85.1 Å². The molecule has 1 amide bonds. The summed E-state index contributed by atoms with van der Waals surface area (Å²) in [6.45, 7) is 1.91. The van der Waals surface area contributed by atoms with Crippen molar-refractivity contribution in [2.45, 2.75) is 11.8 Å². The zero-order valence-corrected chi connectivity index (χ0v) is 12.1. The van der Waals surface area contributed by atoms with Crippen LogP contribution in [0.15, 0.2) is 47.6 Å². The molecule has 0 atom stereocenters. The molecule has 1 heterocycles. The van der Waals surface area contributed by atoms with E-state index in [9.17, 15) is 14.9 Å². The summed E-state index contributed by atoms with van der Waals surface area (Å²) >= 11 is 1.37. The number of amides is 1. The zero-order chi connectivity index (χ0) is 15.2. The number of aromatic nitrogens is 1. The lowest BCUT2D eigenvalue weighted by molar-refractivity contribution is -0.387. The number of carbonyl (C=O) groups is 1. The normalized spacial score (nSPS) is 10.1. The van der Waals surface area contributed by atoms with E-state index in [2.05, 4.69) is 10.3 Å². The van der Waals surface area contributed by atoms with E-state index in [-0.39, 0.29) is 11.3 Å². The molecule has 0 saturated carbocycles. The van der Waals surface area contributed by atoms with E-state index in [1.807, 2.05) is 6.92 Å². The van der Waals surface area contributed by atoms with Crippen LogP contribution in [0.1, 0.15) is 17.3 Å². The molecule has 0 aliphatic carbocycles. The average Bonchev–Trinajstić information content (AvgIpc) is 2.48. The van der Waals surface area contributed by atoms with Crippen molar-refractivity contribution in [1.29, 1.82) is 0 Å². The first-order valence-electron chi connectivity index (χ1n) is 6.24. The molecular formula is C14H13N3O3S. The molecule has 6 nitrogen and oxygen atoms in total. The van der Waals surface area contributed by atoms with Gasteiger partial charge in [0.1, 0.15) is 0 Å². The number of nitrogens with zero attached hydrogens (tertiary/aromatic N) is 2. The number of rotatable bonds is 5. The highest BCUT2D eigenvalue weighted by Gasteiger charge is 2.17. The fraction of sp³-hybridized carbons (Fsp3) is 0.143. The highest BCUT2D eigenvalue weighted by atomic mass is 32.2. The number of nitro benzene ring substituents is 1. The van der Waals surface area contributed by atoms with Crippen molar-refractivity contribution in [2.75, 3.05) is 11.1 Å². The first kappa shape index (κ1) is 15.0. The van der Waals surface area contributed by atoms with Crippen molar-refractivity contribution in [1.82, 2.24) is 4.98 Å². The Kier molecular flexibility index (Phi) is 4.89. The van der Waals surface area contributed by atoms with E-state index in [0.717, 1.165) is 5.75 Å². The Balaban J connectivity index is 2.25. The Morgan fingerprint density at radius 1 is 1.43 bits per heavy atom. The first-order valence-corrected chi connectivity index (χ1v) is 7.23. The number of nitro groups is 1. The monoisotopic (exact) mass is 303 g/mol. The minimum Gasteiger partial charge on any atom is -0.321 e. The molecule has 2 rings (SSSR count). The van der Waals surface area contributed by atoms with Gasteiger partial charge >= 0.3 is 0 Å². The van der Waals surface area contributed by atoms with Crippen LogP contribution in [0, 0.1) is 10.1 Å². The van der Waals surface area contributed by atoms with Gasteiger partial charge in [-0.1, -0.05) is 6.92 Å². The predicted molar refractivity (Wildman–Crippen MR) is 81.7 cm³/mol. The van der Waals surface area contributed by atoms with Gasteiger partial charge in [0.15, 0.2) is 0 Å². The first-order chi connectivity index (χ1) is 10.1. The van der Waals surface area contributed by atoms with Crippen LogP contribution < -0.4 is 5.32 Å². The Hall–Kier alpha value is -2.41. The van der Waals surface area contributed by atoms with Gasteiger partial charge in [-0.05, 0) is 30.0 Å². The summed E-state index contributed by atoms with van der Waals surface area (Å²) in [7, 11) is 0. The van der Waals surface area contributed by atoms with Crippen LogP contribution in [-0.4, -0.2) is 21.6 Å². The molecule has 1 N–H and O–H groups in total. The van der Waals surface area contributed by atoms with E-state index in [0.29, 0.717) is 10.6 Å². The highest BCUT2D eigenvalue weighted by Crippen LogP contribution is 2.30. The Morgan fingerprint density at radius 3 is 2.86 bits per heavy atom. The number of hydrogen-bond acceptors (Lipinski definition) is 5. The minimum absolute atomic E-state index is 0.0549. The summed E-state index contributed by atoms with van der Waals surface area (Å²) in [5.41, 5.74) is 0.726. The number of carbonyl (C=O) groups excluding carboxylic acids is 1. The third-order valence-electron chi connectivity index (χ3n) is 2.64. The summed E-state index contributed by atoms with van der Waals surface area (Å²) < 4.78 is 0. The van der Waals surface area contributed by atoms with E-state index < -0.39 is 10.8 Å². The van der Waals surface area contributed by atoms with Gasteiger partial charge in [0.25, 0.3) is 11.6 Å². The number of nitrogens with one attached hydrogen (secondary N) is 1. The standard InChI is InChI=1S/C14H13N3O3S/c1-2-21-13-6-5-10(8-12(13)17(19)20)14(18)16-11-4-3-7-15-9-11/h3-9H,2H2,1H3,(H,16,18). The molecule has 1 aromatic carbocycles. The summed E-state index contributed by atoms with van der Waals surface area (Å²) in [4.78, 5) is 27.1. The minimum atomic E-state index is -0.473. The Morgan fingerprint density at radius 2 is 2.24 bits per heavy atom. The molecule has 108 valence electrons. The van der Waals surface area contributed by atoms with Crippen LogP contribution in [0.4, 0.5) is 11.4 Å². The lowest BCUT2D eigenvalue weighted by Gasteiger charge is -2.06. The van der Waals surface area contributed by atoms with Crippen LogP contribution in [0.2, 0.25) is 0 Å². The summed E-state index contributed by atoms with van der Waals surface area (Å²) in [6, 6.07) is 7.87. The van der Waals surface area contributed by atoms with Gasteiger partial charge < -0.3 is 5.32 Å². The van der Waals surface area contributed by atoms with Gasteiger partial charge in [0.2, 0.25) is 0 Å². The molecule has 0 unspecified atom stereocenters. The van der Waals surface area contributed by atoms with Gasteiger partial charge in [0, 0.05) is 17.8 Å². The van der Waals surface area contributed by atoms with Crippen molar-refractivity contribution in [3.8, 4) is 0 Å². The van der Waals surface area contributed by atoms with Crippen LogP contribution in [0.25, 0.3) is 0 Å². The maximum Gasteiger partial charge on any atom is 0.283 e. The molecule has 0 bridgehead atoms. The Bertz CT molecular complexity index is 662. The summed E-state index contributed by atoms with van der Waals surface area (Å²) in [5, 5.41) is 13.7. The molecule has 21 heavy (non-hydrogen) atoms. The van der Waals surface area contributed by atoms with Crippen molar-refractivity contribution in [3.05, 3.63) is 58.4 Å². The fourth-order valence-electron chi connectivity index (χ4n) is 1.72. The number of anilines is 1. The molecule has 1 aromatic heterocycles. The van der Waals surface area contributed by atoms with E-state index >= 15 is 0 Å². The predicted octanol–water partition coefficient (Wildman–Crippen LogP) is 3.35. The van der Waals surface area contributed by atoms with Gasteiger partial charge in [-0.25, -0.2) is 0 Å². The van der Waals surface area contributed by atoms with Crippen LogP contribution in [-0.2, 0) is 0 Å². The van der Waals surface area contributed by atoms with Crippen LogP contribution >= 0.6 is 11.8 Å². The Labute approximate surface area is 125 Å². The number of hydrogen-bond donors (Lipinski definition) is 1. The SMILES string of the molecule is CCSc1ccc(C(=O)Nc2cccnc2)cc1[N+](=O)[O-]. The van der Waals surface area contributed by atoms with E-state index in [4.69, 9.17) is 0 Å². The van der Waals surface area contributed by atoms with Crippen molar-refractivity contribution in [3.63, 3.8) is 0 Å². The second-order valence-corrected chi connectivity index (χ2v) is 5.37. The van der Waals surface area contributed by atoms with E-state index in [1.54, 1.807) is 30.5 Å². The van der Waals surface area contributed by atoms with Gasteiger partial charge in [0.05, 0.1) is 21.7 Å². The lowest BCUT2D eigenvalue weighted by Crippen LogP contribution is -2.12. The fourth-order valence-corrected chi connectivity index (χ4v) is 2.48. The second-order valence-electron chi connectivity index (χ2n) is 4.07. The zero-order valence-electron chi connectivity index (χ0n) is 11.3.